The van der Waals surface area contributed by atoms with Crippen molar-refractivity contribution in [2.45, 2.75) is 26.4 Å². The number of benzene rings is 1. The molecular formula is C17H23N3. The molecule has 0 amide bonds. The van der Waals surface area contributed by atoms with Crippen LogP contribution in [0.4, 0.5) is 5.69 Å². The molecule has 2 aromatic rings. The maximum atomic E-state index is 4.06. The summed E-state index contributed by atoms with van der Waals surface area (Å²) in [7, 11) is 4.18. The first kappa shape index (κ1) is 14.5. The Bertz CT molecular complexity index is 549. The zero-order valence-electron chi connectivity index (χ0n) is 12.7. The largest absolute Gasteiger partial charge is 0.379 e. The Morgan fingerprint density at radius 1 is 1.15 bits per heavy atom. The van der Waals surface area contributed by atoms with E-state index in [0.717, 1.165) is 6.54 Å². The average molecular weight is 269 g/mol. The van der Waals surface area contributed by atoms with E-state index in [9.17, 15) is 0 Å². The van der Waals surface area contributed by atoms with Crippen LogP contribution in [-0.2, 0) is 6.54 Å². The van der Waals surface area contributed by atoms with E-state index >= 15 is 0 Å². The third-order valence-electron chi connectivity index (χ3n) is 3.23. The molecule has 0 unspecified atom stereocenters. The molecule has 0 aliphatic carbocycles. The molecule has 0 saturated carbocycles. The van der Waals surface area contributed by atoms with Crippen LogP contribution in [0.5, 0.6) is 0 Å². The van der Waals surface area contributed by atoms with Gasteiger partial charge in [0.05, 0.1) is 0 Å². The summed E-state index contributed by atoms with van der Waals surface area (Å²) in [6.07, 6.45) is 3.67. The lowest BCUT2D eigenvalue weighted by Gasteiger charge is -2.18. The van der Waals surface area contributed by atoms with E-state index in [1.54, 1.807) is 0 Å². The van der Waals surface area contributed by atoms with Gasteiger partial charge in [0.1, 0.15) is 0 Å². The molecule has 3 heteroatoms. The predicted molar refractivity (Wildman–Crippen MR) is 84.8 cm³/mol. The number of anilines is 1. The monoisotopic (exact) mass is 269 g/mol. The van der Waals surface area contributed by atoms with Crippen LogP contribution in [0.2, 0.25) is 0 Å². The lowest BCUT2D eigenvalue weighted by molar-refractivity contribution is 0.402. The van der Waals surface area contributed by atoms with Crippen molar-refractivity contribution in [2.75, 3.05) is 19.4 Å². The molecule has 0 bridgehead atoms. The Balaban J connectivity index is 2.14. The number of hydrogen-bond donors (Lipinski definition) is 1. The minimum atomic E-state index is 0.270. The van der Waals surface area contributed by atoms with Gasteiger partial charge in [-0.1, -0.05) is 6.07 Å². The fourth-order valence-corrected chi connectivity index (χ4v) is 2.39. The maximum Gasteiger partial charge on any atom is 0.0486 e. The molecule has 20 heavy (non-hydrogen) atoms. The van der Waals surface area contributed by atoms with Gasteiger partial charge in [-0.25, -0.2) is 0 Å². The summed E-state index contributed by atoms with van der Waals surface area (Å²) in [6, 6.07) is 11.0. The predicted octanol–water partition coefficient (Wildman–Crippen LogP) is 3.62. The van der Waals surface area contributed by atoms with Crippen LogP contribution < -0.4 is 5.32 Å². The van der Waals surface area contributed by atoms with Gasteiger partial charge in [-0.15, -0.1) is 0 Å². The van der Waals surface area contributed by atoms with Crippen LogP contribution in [0.3, 0.4) is 0 Å². The fraction of sp³-hybridized carbons (Fsp3) is 0.353. The first-order chi connectivity index (χ1) is 9.54. The van der Waals surface area contributed by atoms with Crippen molar-refractivity contribution in [3.05, 3.63) is 59.4 Å². The van der Waals surface area contributed by atoms with E-state index in [1.807, 2.05) is 24.5 Å². The minimum Gasteiger partial charge on any atom is -0.379 e. The minimum absolute atomic E-state index is 0.270. The van der Waals surface area contributed by atoms with Gasteiger partial charge in [-0.2, -0.15) is 0 Å². The zero-order valence-corrected chi connectivity index (χ0v) is 12.7. The summed E-state index contributed by atoms with van der Waals surface area (Å²) in [4.78, 5) is 6.25. The summed E-state index contributed by atoms with van der Waals surface area (Å²) in [5.74, 6) is 0. The van der Waals surface area contributed by atoms with Crippen molar-refractivity contribution in [1.29, 1.82) is 0 Å². The summed E-state index contributed by atoms with van der Waals surface area (Å²) in [5.41, 5.74) is 5.04. The molecule has 0 saturated heterocycles. The molecule has 0 spiro atoms. The van der Waals surface area contributed by atoms with Crippen molar-refractivity contribution < 1.29 is 0 Å². The van der Waals surface area contributed by atoms with Crippen LogP contribution in [0.1, 0.15) is 29.7 Å². The molecule has 1 aromatic heterocycles. The van der Waals surface area contributed by atoms with Gasteiger partial charge in [0, 0.05) is 30.7 Å². The van der Waals surface area contributed by atoms with Crippen LogP contribution in [0.15, 0.2) is 42.7 Å². The van der Waals surface area contributed by atoms with Crippen molar-refractivity contribution in [2.24, 2.45) is 0 Å². The van der Waals surface area contributed by atoms with Crippen molar-refractivity contribution in [1.82, 2.24) is 9.88 Å². The van der Waals surface area contributed by atoms with Gasteiger partial charge >= 0.3 is 0 Å². The number of hydrogen-bond acceptors (Lipinski definition) is 3. The molecular weight excluding hydrogens is 246 g/mol. The molecule has 1 atom stereocenters. The highest BCUT2D eigenvalue weighted by molar-refractivity contribution is 5.50. The fourth-order valence-electron chi connectivity index (χ4n) is 2.39. The molecule has 0 aliphatic heterocycles. The summed E-state index contributed by atoms with van der Waals surface area (Å²) >= 11 is 0. The third-order valence-corrected chi connectivity index (χ3v) is 3.23. The van der Waals surface area contributed by atoms with Crippen molar-refractivity contribution >= 4 is 5.69 Å². The van der Waals surface area contributed by atoms with E-state index in [-0.39, 0.29) is 6.04 Å². The number of nitrogens with zero attached hydrogens (tertiary/aromatic N) is 2. The number of rotatable bonds is 5. The quantitative estimate of drug-likeness (QED) is 0.898. The maximum absolute atomic E-state index is 4.06. The molecule has 1 heterocycles. The highest BCUT2D eigenvalue weighted by Crippen LogP contribution is 2.21. The van der Waals surface area contributed by atoms with Gasteiger partial charge in [-0.05, 0) is 68.9 Å². The van der Waals surface area contributed by atoms with Crippen molar-refractivity contribution in [3.8, 4) is 0 Å². The smallest absolute Gasteiger partial charge is 0.0486 e. The summed E-state index contributed by atoms with van der Waals surface area (Å²) in [5, 5.41) is 3.57. The Morgan fingerprint density at radius 3 is 2.50 bits per heavy atom. The Kier molecular flexibility index (Phi) is 4.74. The average Bonchev–Trinajstić information content (AvgIpc) is 2.38. The van der Waals surface area contributed by atoms with Gasteiger partial charge < -0.3 is 10.2 Å². The lowest BCUT2D eigenvalue weighted by atomic mass is 10.1. The second-order valence-corrected chi connectivity index (χ2v) is 5.59. The third kappa shape index (κ3) is 4.07. The Hall–Kier alpha value is -1.87. The molecule has 0 fully saturated rings. The lowest BCUT2D eigenvalue weighted by Crippen LogP contribution is -2.12. The molecule has 2 rings (SSSR count). The molecule has 0 radical (unpaired) electrons. The number of aryl methyl sites for hydroxylation is 1. The Labute approximate surface area is 121 Å². The van der Waals surface area contributed by atoms with E-state index in [0.29, 0.717) is 0 Å². The first-order valence-electron chi connectivity index (χ1n) is 6.96. The molecule has 3 nitrogen and oxygen atoms in total. The van der Waals surface area contributed by atoms with E-state index in [4.69, 9.17) is 0 Å². The van der Waals surface area contributed by atoms with E-state index in [1.165, 1.54) is 22.4 Å². The Morgan fingerprint density at radius 2 is 1.85 bits per heavy atom. The van der Waals surface area contributed by atoms with E-state index in [2.05, 4.69) is 61.3 Å². The van der Waals surface area contributed by atoms with Gasteiger partial charge in [0.15, 0.2) is 0 Å². The molecule has 106 valence electrons. The molecule has 1 N–H and O–H groups in total. The molecule has 0 aliphatic rings. The van der Waals surface area contributed by atoms with Gasteiger partial charge in [0.2, 0.25) is 0 Å². The highest BCUT2D eigenvalue weighted by Gasteiger charge is 2.06. The number of pyridine rings is 1. The summed E-state index contributed by atoms with van der Waals surface area (Å²) < 4.78 is 0. The second-order valence-electron chi connectivity index (χ2n) is 5.59. The standard InChI is InChI=1S/C17H23N3/c1-13-9-15(12-20(3)4)11-17(10-13)19-14(2)16-5-7-18-8-6-16/h5-11,14,19H,12H2,1-4H3/t14-/m0/s1. The number of aromatic nitrogens is 1. The van der Waals surface area contributed by atoms with Crippen LogP contribution in [0.25, 0.3) is 0 Å². The highest BCUT2D eigenvalue weighted by atomic mass is 15.0. The van der Waals surface area contributed by atoms with Crippen LogP contribution in [-0.4, -0.2) is 24.0 Å². The van der Waals surface area contributed by atoms with Crippen molar-refractivity contribution in [3.63, 3.8) is 0 Å². The van der Waals surface area contributed by atoms with Crippen LogP contribution >= 0.6 is 0 Å². The number of nitrogens with one attached hydrogen (secondary N) is 1. The topological polar surface area (TPSA) is 28.2 Å². The van der Waals surface area contributed by atoms with Gasteiger partial charge in [0.25, 0.3) is 0 Å². The second kappa shape index (κ2) is 6.53. The van der Waals surface area contributed by atoms with Crippen LogP contribution in [0, 0.1) is 6.92 Å². The SMILES string of the molecule is Cc1cc(CN(C)C)cc(N[C@@H](C)c2ccncc2)c1. The van der Waals surface area contributed by atoms with Gasteiger partial charge in [-0.3, -0.25) is 4.98 Å². The zero-order chi connectivity index (χ0) is 14.5. The van der Waals surface area contributed by atoms with E-state index < -0.39 is 0 Å². The normalized spacial score (nSPS) is 12.4. The molecule has 1 aromatic carbocycles. The first-order valence-corrected chi connectivity index (χ1v) is 6.96. The summed E-state index contributed by atoms with van der Waals surface area (Å²) in [6.45, 7) is 5.27.